The molecule has 4 rings (SSSR count). The van der Waals surface area contributed by atoms with Crippen molar-refractivity contribution in [2.75, 3.05) is 20.3 Å². The third kappa shape index (κ3) is 5.47. The van der Waals surface area contributed by atoms with E-state index < -0.39 is 0 Å². The lowest BCUT2D eigenvalue weighted by molar-refractivity contribution is -0.136. The summed E-state index contributed by atoms with van der Waals surface area (Å²) in [6, 6.07) is 15.7. The van der Waals surface area contributed by atoms with Crippen LogP contribution in [0.5, 0.6) is 11.6 Å². The van der Waals surface area contributed by atoms with Crippen LogP contribution < -0.4 is 4.74 Å². The summed E-state index contributed by atoms with van der Waals surface area (Å²) in [7, 11) is 1.65. The van der Waals surface area contributed by atoms with Gasteiger partial charge in [-0.2, -0.15) is 5.10 Å². The Morgan fingerprint density at radius 2 is 1.82 bits per heavy atom. The molecule has 1 fully saturated rings. The summed E-state index contributed by atoms with van der Waals surface area (Å²) >= 11 is 0. The van der Waals surface area contributed by atoms with Crippen molar-refractivity contribution in [1.29, 1.82) is 0 Å². The first kappa shape index (κ1) is 24.0. The number of rotatable bonds is 10. The number of aryl methyl sites for hydroxylation is 1. The van der Waals surface area contributed by atoms with Gasteiger partial charge in [0.05, 0.1) is 30.1 Å². The van der Waals surface area contributed by atoms with Gasteiger partial charge in [0, 0.05) is 19.6 Å². The van der Waals surface area contributed by atoms with E-state index in [0.717, 1.165) is 42.6 Å². The molecule has 0 N–H and O–H groups in total. The fraction of sp³-hybridized carbons (Fsp3) is 0.407. The molecule has 3 aromatic rings. The Morgan fingerprint density at radius 1 is 1.12 bits per heavy atom. The predicted octanol–water partition coefficient (Wildman–Crippen LogP) is 5.53. The molecule has 0 spiro atoms. The van der Waals surface area contributed by atoms with Crippen LogP contribution in [0.1, 0.15) is 43.9 Å². The number of carbonyl (C=O) groups is 1. The van der Waals surface area contributed by atoms with Crippen LogP contribution in [0.15, 0.2) is 54.6 Å². The number of carbonyl (C=O) groups excluding carboxylic acids is 1. The molecule has 0 radical (unpaired) electrons. The van der Waals surface area contributed by atoms with Crippen molar-refractivity contribution in [1.82, 2.24) is 14.7 Å². The van der Waals surface area contributed by atoms with Gasteiger partial charge in [0.2, 0.25) is 11.8 Å². The van der Waals surface area contributed by atoms with Gasteiger partial charge in [0.1, 0.15) is 11.6 Å². The van der Waals surface area contributed by atoms with Crippen molar-refractivity contribution in [3.05, 3.63) is 71.7 Å². The predicted molar refractivity (Wildman–Crippen MR) is 129 cm³/mol. The van der Waals surface area contributed by atoms with Crippen LogP contribution in [-0.4, -0.2) is 40.8 Å². The molecule has 1 aromatic heterocycles. The molecule has 180 valence electrons. The van der Waals surface area contributed by atoms with E-state index >= 15 is 0 Å². The van der Waals surface area contributed by atoms with Gasteiger partial charge in [-0.05, 0) is 55.7 Å². The van der Waals surface area contributed by atoms with E-state index in [-0.39, 0.29) is 17.6 Å². The van der Waals surface area contributed by atoms with Crippen molar-refractivity contribution >= 4 is 5.91 Å². The number of benzene rings is 2. The largest absolute Gasteiger partial charge is 0.439 e. The lowest BCUT2D eigenvalue weighted by Crippen LogP contribution is -2.37. The number of ether oxygens (including phenoxy) is 2. The second kappa shape index (κ2) is 11.3. The van der Waals surface area contributed by atoms with Crippen molar-refractivity contribution in [3.8, 4) is 17.3 Å². The molecule has 1 aliphatic carbocycles. The lowest BCUT2D eigenvalue weighted by atomic mass is 10.1. The molecule has 0 atom stereocenters. The highest BCUT2D eigenvalue weighted by Gasteiger charge is 2.30. The summed E-state index contributed by atoms with van der Waals surface area (Å²) in [6.45, 7) is 3.38. The average Bonchev–Trinajstić information content (AvgIpc) is 3.52. The third-order valence-electron chi connectivity index (χ3n) is 6.31. The Labute approximate surface area is 200 Å². The van der Waals surface area contributed by atoms with E-state index in [9.17, 15) is 9.18 Å². The molecule has 7 heteroatoms. The summed E-state index contributed by atoms with van der Waals surface area (Å²) in [5.41, 5.74) is 2.58. The Bertz CT molecular complexity index is 1080. The summed E-state index contributed by atoms with van der Waals surface area (Å²) in [4.78, 5) is 15.3. The van der Waals surface area contributed by atoms with Gasteiger partial charge in [-0.25, -0.2) is 9.07 Å². The van der Waals surface area contributed by atoms with Crippen LogP contribution in [-0.2, 0) is 22.5 Å². The molecule has 1 amide bonds. The zero-order valence-electron chi connectivity index (χ0n) is 19.9. The molecule has 0 aliphatic heterocycles. The lowest BCUT2D eigenvalue weighted by Gasteiger charge is -2.26. The second-order valence-corrected chi connectivity index (χ2v) is 8.62. The van der Waals surface area contributed by atoms with E-state index in [1.165, 1.54) is 12.1 Å². The summed E-state index contributed by atoms with van der Waals surface area (Å²) in [5, 5.41) is 4.85. The van der Waals surface area contributed by atoms with Gasteiger partial charge in [0.25, 0.3) is 0 Å². The van der Waals surface area contributed by atoms with E-state index in [1.54, 1.807) is 23.9 Å². The molecule has 0 bridgehead atoms. The molecule has 1 aliphatic rings. The molecular weight excluding hydrogens is 433 g/mol. The van der Waals surface area contributed by atoms with Crippen LogP contribution >= 0.6 is 0 Å². The number of amides is 1. The normalized spacial score (nSPS) is 13.9. The van der Waals surface area contributed by atoms with Crippen molar-refractivity contribution < 1.29 is 18.7 Å². The summed E-state index contributed by atoms with van der Waals surface area (Å²) < 4.78 is 26.9. The highest BCUT2D eigenvalue weighted by Crippen LogP contribution is 2.34. The topological polar surface area (TPSA) is 56.6 Å². The minimum absolute atomic E-state index is 0.0626. The van der Waals surface area contributed by atoms with Crippen molar-refractivity contribution in [2.45, 2.75) is 45.6 Å². The Morgan fingerprint density at radius 3 is 2.47 bits per heavy atom. The van der Waals surface area contributed by atoms with E-state index in [1.807, 2.05) is 42.2 Å². The number of nitrogens with zero attached hydrogens (tertiary/aromatic N) is 3. The fourth-order valence-corrected chi connectivity index (χ4v) is 4.47. The van der Waals surface area contributed by atoms with Gasteiger partial charge < -0.3 is 14.4 Å². The third-order valence-corrected chi connectivity index (χ3v) is 6.31. The molecular formula is C27H32FN3O3. The van der Waals surface area contributed by atoms with Gasteiger partial charge in [-0.1, -0.05) is 38.0 Å². The summed E-state index contributed by atoms with van der Waals surface area (Å²) in [5.74, 6) is 0.944. The zero-order valence-corrected chi connectivity index (χ0v) is 19.9. The smallest absolute Gasteiger partial charge is 0.227 e. The van der Waals surface area contributed by atoms with Crippen LogP contribution in [0.3, 0.4) is 0 Å². The number of para-hydroxylation sites is 1. The first-order valence-electron chi connectivity index (χ1n) is 12.0. The van der Waals surface area contributed by atoms with Crippen LogP contribution in [0.25, 0.3) is 5.69 Å². The van der Waals surface area contributed by atoms with Crippen LogP contribution in [0.4, 0.5) is 4.39 Å². The van der Waals surface area contributed by atoms with E-state index in [0.29, 0.717) is 37.7 Å². The van der Waals surface area contributed by atoms with Crippen LogP contribution in [0.2, 0.25) is 0 Å². The minimum Gasteiger partial charge on any atom is -0.439 e. The Kier molecular flexibility index (Phi) is 7.95. The summed E-state index contributed by atoms with van der Waals surface area (Å²) in [6.07, 6.45) is 4.75. The highest BCUT2D eigenvalue weighted by molar-refractivity contribution is 5.79. The maximum atomic E-state index is 13.5. The Balaban J connectivity index is 1.74. The molecule has 1 heterocycles. The molecule has 2 aromatic carbocycles. The Hall–Kier alpha value is -3.19. The van der Waals surface area contributed by atoms with Gasteiger partial charge in [-0.15, -0.1) is 0 Å². The number of hydrogen-bond acceptors (Lipinski definition) is 4. The number of halogens is 1. The van der Waals surface area contributed by atoms with Gasteiger partial charge in [0.15, 0.2) is 0 Å². The number of aromatic nitrogens is 2. The first-order valence-corrected chi connectivity index (χ1v) is 12.0. The maximum Gasteiger partial charge on any atom is 0.227 e. The number of hydrogen-bond donors (Lipinski definition) is 0. The van der Waals surface area contributed by atoms with E-state index in [2.05, 4.69) is 0 Å². The van der Waals surface area contributed by atoms with E-state index in [4.69, 9.17) is 14.6 Å². The van der Waals surface area contributed by atoms with Crippen LogP contribution in [0, 0.1) is 11.7 Å². The molecule has 34 heavy (non-hydrogen) atoms. The maximum absolute atomic E-state index is 13.5. The fourth-order valence-electron chi connectivity index (χ4n) is 4.47. The number of methoxy groups -OCH3 is 1. The quantitative estimate of drug-likeness (QED) is 0.395. The molecule has 0 saturated heterocycles. The highest BCUT2D eigenvalue weighted by atomic mass is 19.1. The molecule has 6 nitrogen and oxygen atoms in total. The van der Waals surface area contributed by atoms with Gasteiger partial charge >= 0.3 is 0 Å². The zero-order chi connectivity index (χ0) is 23.9. The molecule has 0 unspecified atom stereocenters. The monoisotopic (exact) mass is 465 g/mol. The van der Waals surface area contributed by atoms with Gasteiger partial charge in [-0.3, -0.25) is 4.79 Å². The molecule has 1 saturated carbocycles. The first-order chi connectivity index (χ1) is 16.6. The van der Waals surface area contributed by atoms with Crippen molar-refractivity contribution in [2.24, 2.45) is 5.92 Å². The minimum atomic E-state index is -0.328. The average molecular weight is 466 g/mol. The SMILES string of the molecule is CCc1nn(-c2ccccc2)c(Oc2ccc(F)cc2)c1CN(CCOC)C(=O)C1CCCC1. The van der Waals surface area contributed by atoms with Crippen molar-refractivity contribution in [3.63, 3.8) is 0 Å². The second-order valence-electron chi connectivity index (χ2n) is 8.62. The standard InChI is InChI=1S/C27H32FN3O3/c1-3-25-24(19-30(17-18-33-2)26(32)20-9-7-8-10-20)27(34-23-15-13-21(28)14-16-23)31(29-25)22-11-5-4-6-12-22/h4-6,11-16,20H,3,7-10,17-19H2,1-2H3.